The van der Waals surface area contributed by atoms with Crippen molar-refractivity contribution in [2.45, 2.75) is 72.1 Å². The molecule has 0 aliphatic heterocycles. The van der Waals surface area contributed by atoms with Gasteiger partial charge in [-0.15, -0.1) is 0 Å². The third-order valence-electron chi connectivity index (χ3n) is 5.49. The molecule has 1 aliphatic carbocycles. The van der Waals surface area contributed by atoms with E-state index in [0.717, 1.165) is 12.8 Å². The van der Waals surface area contributed by atoms with Gasteiger partial charge in [-0.25, -0.2) is 9.79 Å². The first-order valence-electron chi connectivity index (χ1n) is 10.6. The Hall–Kier alpha value is -2.36. The number of alkyl carbamates (subject to hydrolysis) is 1. The number of nitrogens with zero attached hydrogens (tertiary/aromatic N) is 1. The van der Waals surface area contributed by atoms with Gasteiger partial charge in [0.2, 0.25) is 5.91 Å². The highest BCUT2D eigenvalue weighted by Gasteiger charge is 2.51. The summed E-state index contributed by atoms with van der Waals surface area (Å²) in [7, 11) is 0. The van der Waals surface area contributed by atoms with E-state index in [2.05, 4.69) is 15.6 Å². The van der Waals surface area contributed by atoms with Crippen molar-refractivity contribution >= 4 is 23.9 Å². The number of nitrogens with two attached hydrogens (primary N) is 1. The minimum Gasteiger partial charge on any atom is -0.466 e. The zero-order chi connectivity index (χ0) is 22.8. The first-order chi connectivity index (χ1) is 14.2. The third kappa shape index (κ3) is 6.86. The lowest BCUT2D eigenvalue weighted by atomic mass is 9.80. The predicted octanol–water partition coefficient (Wildman–Crippen LogP) is 0.917. The molecule has 2 amide bonds. The number of aliphatic hydroxyl groups excluding tert-OH is 1. The van der Waals surface area contributed by atoms with Crippen LogP contribution < -0.4 is 16.4 Å². The first kappa shape index (κ1) is 25.7. The summed E-state index contributed by atoms with van der Waals surface area (Å²) in [5, 5.41) is 16.3. The molecule has 0 aromatic carbocycles. The van der Waals surface area contributed by atoms with Crippen molar-refractivity contribution in [1.82, 2.24) is 10.6 Å². The van der Waals surface area contributed by atoms with Gasteiger partial charge in [-0.2, -0.15) is 0 Å². The summed E-state index contributed by atoms with van der Waals surface area (Å²) in [6.45, 7) is 9.13. The van der Waals surface area contributed by atoms with E-state index in [-0.39, 0.29) is 37.4 Å². The number of carbonyl (C=O) groups is 3. The van der Waals surface area contributed by atoms with Crippen molar-refractivity contribution in [1.29, 1.82) is 0 Å². The lowest BCUT2D eigenvalue weighted by molar-refractivity contribution is -0.151. The van der Waals surface area contributed by atoms with Gasteiger partial charge in [-0.1, -0.05) is 26.7 Å². The second-order valence-corrected chi connectivity index (χ2v) is 7.39. The molecular weight excluding hydrogens is 392 g/mol. The number of hydrogen-bond acceptors (Lipinski definition) is 7. The van der Waals surface area contributed by atoms with Crippen molar-refractivity contribution in [3.05, 3.63) is 0 Å². The number of aliphatic imine (C=N–C) groups is 1. The maximum Gasteiger partial charge on any atom is 0.413 e. The number of aliphatic hydroxyl groups is 1. The van der Waals surface area contributed by atoms with Gasteiger partial charge in [0.05, 0.1) is 31.3 Å². The topological polar surface area (TPSA) is 152 Å². The smallest absolute Gasteiger partial charge is 0.413 e. The quantitative estimate of drug-likeness (QED) is 0.242. The molecule has 30 heavy (non-hydrogen) atoms. The standard InChI is InChI=1S/C20H36N4O6/c1-6-12(7-2)16(22-11(5)25)15-14(23-19(21)24-20(28)30-9-4)10-13(17(15)26)18(27)29-8-3/h12-17,26H,6-10H2,1-5H3,(H,22,25)(H3,21,23,24,28)/t13-,14+,15+,16?,17+/m0/s1. The number of carbonyl (C=O) groups excluding carboxylic acids is 3. The van der Waals surface area contributed by atoms with Crippen LogP contribution in [0.3, 0.4) is 0 Å². The van der Waals surface area contributed by atoms with Crippen LogP contribution in [0.15, 0.2) is 4.99 Å². The maximum absolute atomic E-state index is 12.4. The Morgan fingerprint density at radius 2 is 1.73 bits per heavy atom. The van der Waals surface area contributed by atoms with Crippen LogP contribution in [0.5, 0.6) is 0 Å². The highest BCUT2D eigenvalue weighted by atomic mass is 16.5. The zero-order valence-corrected chi connectivity index (χ0v) is 18.5. The van der Waals surface area contributed by atoms with Gasteiger partial charge in [-0.05, 0) is 26.2 Å². The number of nitrogens with one attached hydrogen (secondary N) is 2. The molecule has 0 bridgehead atoms. The summed E-state index contributed by atoms with van der Waals surface area (Å²) in [6, 6.07) is -1.02. The van der Waals surface area contributed by atoms with Crippen LogP contribution in [-0.2, 0) is 19.1 Å². The number of rotatable bonds is 9. The molecule has 5 N–H and O–H groups in total. The summed E-state index contributed by atoms with van der Waals surface area (Å²) in [4.78, 5) is 40.3. The van der Waals surface area contributed by atoms with Crippen molar-refractivity contribution in [3.8, 4) is 0 Å². The molecule has 1 unspecified atom stereocenters. The van der Waals surface area contributed by atoms with E-state index in [1.807, 2.05) is 13.8 Å². The summed E-state index contributed by atoms with van der Waals surface area (Å²) >= 11 is 0. The van der Waals surface area contributed by atoms with Gasteiger partial charge in [0, 0.05) is 18.9 Å². The van der Waals surface area contributed by atoms with Gasteiger partial charge >= 0.3 is 12.1 Å². The van der Waals surface area contributed by atoms with Gasteiger partial charge in [-0.3, -0.25) is 14.9 Å². The largest absolute Gasteiger partial charge is 0.466 e. The Kier molecular flexibility index (Phi) is 10.6. The van der Waals surface area contributed by atoms with Crippen LogP contribution in [0, 0.1) is 17.8 Å². The molecule has 1 aliphatic rings. The van der Waals surface area contributed by atoms with Crippen molar-refractivity contribution in [3.63, 3.8) is 0 Å². The SMILES string of the molecule is CCOC(=O)NC(N)=N[C@@H]1C[C@H](C(=O)OCC)[C@@H](O)[C@H]1C(NC(C)=O)C(CC)CC. The fraction of sp³-hybridized carbons (Fsp3) is 0.800. The first-order valence-corrected chi connectivity index (χ1v) is 10.6. The lowest BCUT2D eigenvalue weighted by Crippen LogP contribution is -2.51. The van der Waals surface area contributed by atoms with E-state index >= 15 is 0 Å². The fourth-order valence-electron chi connectivity index (χ4n) is 4.17. The van der Waals surface area contributed by atoms with Crippen LogP contribution in [-0.4, -0.2) is 60.4 Å². The highest BCUT2D eigenvalue weighted by Crippen LogP contribution is 2.40. The summed E-state index contributed by atoms with van der Waals surface area (Å²) in [5.41, 5.74) is 5.87. The van der Waals surface area contributed by atoms with Crippen LogP contribution in [0.2, 0.25) is 0 Å². The molecule has 0 aromatic heterocycles. The number of guanidine groups is 1. The number of esters is 1. The Balaban J connectivity index is 3.28. The predicted molar refractivity (Wildman–Crippen MR) is 111 cm³/mol. The Morgan fingerprint density at radius 1 is 1.13 bits per heavy atom. The normalized spacial score (nSPS) is 25.0. The molecule has 0 saturated heterocycles. The summed E-state index contributed by atoms with van der Waals surface area (Å²) in [6.07, 6.45) is -0.102. The molecule has 0 radical (unpaired) electrons. The Morgan fingerprint density at radius 3 is 2.23 bits per heavy atom. The van der Waals surface area contributed by atoms with Crippen LogP contribution in [0.1, 0.15) is 53.9 Å². The average molecular weight is 429 g/mol. The van der Waals surface area contributed by atoms with Gasteiger partial charge in [0.1, 0.15) is 0 Å². The van der Waals surface area contributed by atoms with Gasteiger partial charge < -0.3 is 25.6 Å². The second-order valence-electron chi connectivity index (χ2n) is 7.39. The Labute approximate surface area is 178 Å². The molecule has 5 atom stereocenters. The molecular formula is C20H36N4O6. The number of amides is 2. The number of hydrogen-bond donors (Lipinski definition) is 4. The molecule has 10 heteroatoms. The zero-order valence-electron chi connectivity index (χ0n) is 18.5. The van der Waals surface area contributed by atoms with Crippen molar-refractivity contribution in [2.24, 2.45) is 28.5 Å². The van der Waals surface area contributed by atoms with Crippen LogP contribution in [0.25, 0.3) is 0 Å². The van der Waals surface area contributed by atoms with Crippen LogP contribution in [0.4, 0.5) is 4.79 Å². The molecule has 0 spiro atoms. The van der Waals surface area contributed by atoms with E-state index in [0.29, 0.717) is 0 Å². The van der Waals surface area contributed by atoms with Gasteiger partial charge in [0.25, 0.3) is 0 Å². The molecule has 1 rings (SSSR count). The van der Waals surface area contributed by atoms with E-state index in [9.17, 15) is 19.5 Å². The monoisotopic (exact) mass is 428 g/mol. The van der Waals surface area contributed by atoms with E-state index in [4.69, 9.17) is 15.2 Å². The van der Waals surface area contributed by atoms with Gasteiger partial charge in [0.15, 0.2) is 5.96 Å². The van der Waals surface area contributed by atoms with Crippen LogP contribution >= 0.6 is 0 Å². The van der Waals surface area contributed by atoms with E-state index in [1.165, 1.54) is 6.92 Å². The molecule has 172 valence electrons. The van der Waals surface area contributed by atoms with Crippen molar-refractivity contribution < 1.29 is 29.0 Å². The average Bonchev–Trinajstić information content (AvgIpc) is 2.97. The van der Waals surface area contributed by atoms with E-state index < -0.39 is 42.1 Å². The third-order valence-corrected chi connectivity index (χ3v) is 5.49. The molecule has 10 nitrogen and oxygen atoms in total. The summed E-state index contributed by atoms with van der Waals surface area (Å²) in [5.74, 6) is -2.24. The van der Waals surface area contributed by atoms with E-state index in [1.54, 1.807) is 13.8 Å². The maximum atomic E-state index is 12.4. The molecule has 0 heterocycles. The molecule has 1 saturated carbocycles. The molecule has 1 fully saturated rings. The van der Waals surface area contributed by atoms with Crippen molar-refractivity contribution in [2.75, 3.05) is 13.2 Å². The number of ether oxygens (including phenoxy) is 2. The fourth-order valence-corrected chi connectivity index (χ4v) is 4.17. The minimum absolute atomic E-state index is 0.0615. The molecule has 0 aromatic rings. The second kappa shape index (κ2) is 12.4. The lowest BCUT2D eigenvalue weighted by Gasteiger charge is -2.35. The highest BCUT2D eigenvalue weighted by molar-refractivity contribution is 5.93. The Bertz CT molecular complexity index is 622. The minimum atomic E-state index is -1.08. The summed E-state index contributed by atoms with van der Waals surface area (Å²) < 4.78 is 9.91.